The summed E-state index contributed by atoms with van der Waals surface area (Å²) in [7, 11) is 0. The number of hydrogen-bond donors (Lipinski definition) is 2. The van der Waals surface area contributed by atoms with E-state index in [1.807, 2.05) is 20.8 Å². The summed E-state index contributed by atoms with van der Waals surface area (Å²) in [6, 6.07) is -0.0611. The van der Waals surface area contributed by atoms with Gasteiger partial charge in [-0.1, -0.05) is 6.92 Å². The zero-order valence-corrected chi connectivity index (χ0v) is 11.4. The first kappa shape index (κ1) is 15.1. The van der Waals surface area contributed by atoms with Crippen molar-refractivity contribution >= 4 is 11.9 Å². The molecule has 0 radical (unpaired) electrons. The normalized spacial score (nSPS) is 11.4. The van der Waals surface area contributed by atoms with Crippen LogP contribution >= 0.6 is 0 Å². The van der Waals surface area contributed by atoms with Crippen molar-refractivity contribution < 1.29 is 4.79 Å². The molecule has 0 aliphatic heterocycles. The monoisotopic (exact) mass is 265 g/mol. The molecule has 0 saturated heterocycles. The molecule has 0 atom stereocenters. The first-order chi connectivity index (χ1) is 8.95. The second kappa shape index (κ2) is 6.84. The van der Waals surface area contributed by atoms with Gasteiger partial charge in [0.05, 0.1) is 12.1 Å². The predicted octanol–water partition coefficient (Wildman–Crippen LogP) is 0.309. The van der Waals surface area contributed by atoms with Crippen molar-refractivity contribution in [2.45, 2.75) is 26.8 Å². The van der Waals surface area contributed by atoms with Crippen LogP contribution in [0.1, 0.15) is 32.4 Å². The molecule has 2 N–H and O–H groups in total. The number of carbonyl (C=O) groups excluding carboxylic acids is 1. The molecular formula is C13H19N3O3. The molecule has 0 saturated carbocycles. The highest BCUT2D eigenvalue weighted by atomic mass is 16.2. The number of aromatic amines is 1. The lowest BCUT2D eigenvalue weighted by molar-refractivity contribution is -0.113. The molecule has 6 nitrogen and oxygen atoms in total. The maximum atomic E-state index is 11.6. The molecule has 0 bridgehead atoms. The fourth-order valence-electron chi connectivity index (χ4n) is 1.49. The molecular weight excluding hydrogens is 246 g/mol. The van der Waals surface area contributed by atoms with Crippen LogP contribution in [0.25, 0.3) is 6.08 Å². The van der Waals surface area contributed by atoms with E-state index in [0.29, 0.717) is 6.54 Å². The number of H-pyrrole nitrogens is 1. The van der Waals surface area contributed by atoms with Crippen molar-refractivity contribution in [2.75, 3.05) is 13.1 Å². The molecule has 19 heavy (non-hydrogen) atoms. The highest BCUT2D eigenvalue weighted by Crippen LogP contribution is 2.00. The fourth-order valence-corrected chi connectivity index (χ4v) is 1.49. The van der Waals surface area contributed by atoms with E-state index in [4.69, 9.17) is 0 Å². The average Bonchev–Trinajstić information content (AvgIpc) is 2.34. The number of nitrogens with one attached hydrogen (secondary N) is 2. The predicted molar refractivity (Wildman–Crippen MR) is 74.3 cm³/mol. The first-order valence-electron chi connectivity index (χ1n) is 6.22. The zero-order valence-electron chi connectivity index (χ0n) is 11.4. The molecule has 1 aromatic heterocycles. The molecule has 0 unspecified atom stereocenters. The van der Waals surface area contributed by atoms with E-state index >= 15 is 0 Å². The van der Waals surface area contributed by atoms with Crippen molar-refractivity contribution in [1.29, 1.82) is 0 Å². The van der Waals surface area contributed by atoms with Gasteiger partial charge in [-0.25, -0.2) is 4.79 Å². The topological polar surface area (TPSA) is 84.0 Å². The molecule has 0 amide bonds. The maximum Gasteiger partial charge on any atom is 0.328 e. The van der Waals surface area contributed by atoms with E-state index in [1.54, 1.807) is 0 Å². The van der Waals surface area contributed by atoms with Crippen LogP contribution in [0.2, 0.25) is 0 Å². The van der Waals surface area contributed by atoms with Gasteiger partial charge in [-0.15, -0.1) is 0 Å². The summed E-state index contributed by atoms with van der Waals surface area (Å²) >= 11 is 0. The number of nitrogens with zero attached hydrogens (tertiary/aromatic N) is 1. The Morgan fingerprint density at radius 1 is 1.47 bits per heavy atom. The minimum atomic E-state index is -0.491. The third kappa shape index (κ3) is 4.33. The Balaban J connectivity index is 2.98. The third-order valence-corrected chi connectivity index (χ3v) is 2.55. The van der Waals surface area contributed by atoms with Crippen molar-refractivity contribution in [3.8, 4) is 0 Å². The molecule has 0 aromatic carbocycles. The second-order valence-corrected chi connectivity index (χ2v) is 4.42. The summed E-state index contributed by atoms with van der Waals surface area (Å²) in [4.78, 5) is 36.8. The van der Waals surface area contributed by atoms with E-state index in [0.717, 1.165) is 0 Å². The van der Waals surface area contributed by atoms with Crippen LogP contribution in [0, 0.1) is 0 Å². The van der Waals surface area contributed by atoms with Gasteiger partial charge in [0.2, 0.25) is 0 Å². The van der Waals surface area contributed by atoms with E-state index < -0.39 is 11.2 Å². The van der Waals surface area contributed by atoms with Crippen LogP contribution in [0.15, 0.2) is 21.9 Å². The molecule has 0 aliphatic carbocycles. The quantitative estimate of drug-likeness (QED) is 0.725. The molecule has 0 aliphatic rings. The number of ketones is 1. The molecule has 104 valence electrons. The summed E-state index contributed by atoms with van der Waals surface area (Å²) in [5.74, 6) is -0.122. The molecule has 1 aromatic rings. The Kier molecular flexibility index (Phi) is 5.44. The standard InChI is InChI=1S/C13H19N3O3/c1-4-14-7-11(17)6-5-10-8-16(9(2)3)13(19)15-12(10)18/h5-6,8-9,14H,4,7H2,1-3H3,(H,15,18,19)/b6-5+. The van der Waals surface area contributed by atoms with E-state index in [-0.39, 0.29) is 23.9 Å². The third-order valence-electron chi connectivity index (χ3n) is 2.55. The lowest BCUT2D eigenvalue weighted by Crippen LogP contribution is -2.31. The Labute approximate surface area is 111 Å². The zero-order chi connectivity index (χ0) is 14.4. The summed E-state index contributed by atoms with van der Waals surface area (Å²) in [5.41, 5.74) is -0.649. The number of carbonyl (C=O) groups is 1. The van der Waals surface area contributed by atoms with Crippen LogP contribution in [-0.2, 0) is 4.79 Å². The SMILES string of the molecule is CCNCC(=O)/C=C/c1cn(C(C)C)c(=O)[nH]c1=O. The largest absolute Gasteiger partial charge is 0.328 e. The minimum absolute atomic E-state index is 0.0611. The van der Waals surface area contributed by atoms with Crippen LogP contribution < -0.4 is 16.6 Å². The molecule has 1 rings (SSSR count). The summed E-state index contributed by atoms with van der Waals surface area (Å²) in [6.07, 6.45) is 4.22. The lowest BCUT2D eigenvalue weighted by atomic mass is 10.2. The second-order valence-electron chi connectivity index (χ2n) is 4.42. The van der Waals surface area contributed by atoms with Crippen molar-refractivity contribution in [3.63, 3.8) is 0 Å². The van der Waals surface area contributed by atoms with E-state index in [9.17, 15) is 14.4 Å². The fraction of sp³-hybridized carbons (Fsp3) is 0.462. The van der Waals surface area contributed by atoms with Gasteiger partial charge in [-0.05, 0) is 32.5 Å². The number of aromatic nitrogens is 2. The van der Waals surface area contributed by atoms with Crippen LogP contribution in [0.3, 0.4) is 0 Å². The first-order valence-corrected chi connectivity index (χ1v) is 6.22. The van der Waals surface area contributed by atoms with Crippen molar-refractivity contribution in [2.24, 2.45) is 0 Å². The lowest BCUT2D eigenvalue weighted by Gasteiger charge is -2.08. The molecule has 6 heteroatoms. The van der Waals surface area contributed by atoms with Gasteiger partial charge in [0.15, 0.2) is 5.78 Å². The number of rotatable bonds is 6. The Morgan fingerprint density at radius 2 is 2.16 bits per heavy atom. The minimum Gasteiger partial charge on any atom is -0.310 e. The van der Waals surface area contributed by atoms with Gasteiger partial charge in [-0.3, -0.25) is 19.1 Å². The highest BCUT2D eigenvalue weighted by molar-refractivity contribution is 5.94. The summed E-state index contributed by atoms with van der Waals surface area (Å²) in [5, 5.41) is 2.90. The Hall–Kier alpha value is -1.95. The van der Waals surface area contributed by atoms with E-state index in [2.05, 4.69) is 10.3 Å². The summed E-state index contributed by atoms with van der Waals surface area (Å²) in [6.45, 7) is 6.51. The van der Waals surface area contributed by atoms with Crippen molar-refractivity contribution in [3.05, 3.63) is 38.7 Å². The van der Waals surface area contributed by atoms with Gasteiger partial charge in [0, 0.05) is 12.2 Å². The van der Waals surface area contributed by atoms with Gasteiger partial charge < -0.3 is 5.32 Å². The molecule has 1 heterocycles. The van der Waals surface area contributed by atoms with Crippen LogP contribution in [0.5, 0.6) is 0 Å². The van der Waals surface area contributed by atoms with Gasteiger partial charge >= 0.3 is 5.69 Å². The Bertz CT molecular complexity index is 582. The van der Waals surface area contributed by atoms with Crippen molar-refractivity contribution in [1.82, 2.24) is 14.9 Å². The molecule has 0 fully saturated rings. The van der Waals surface area contributed by atoms with Crippen LogP contribution in [-0.4, -0.2) is 28.4 Å². The van der Waals surface area contributed by atoms with Gasteiger partial charge in [-0.2, -0.15) is 0 Å². The number of likely N-dealkylation sites (N-methyl/N-ethyl adjacent to an activating group) is 1. The van der Waals surface area contributed by atoms with Gasteiger partial charge in [0.25, 0.3) is 5.56 Å². The Morgan fingerprint density at radius 3 is 2.74 bits per heavy atom. The maximum absolute atomic E-state index is 11.6. The molecule has 0 spiro atoms. The number of hydrogen-bond acceptors (Lipinski definition) is 4. The van der Waals surface area contributed by atoms with E-state index in [1.165, 1.54) is 22.9 Å². The van der Waals surface area contributed by atoms with Gasteiger partial charge in [0.1, 0.15) is 0 Å². The summed E-state index contributed by atoms with van der Waals surface area (Å²) < 4.78 is 1.41. The highest BCUT2D eigenvalue weighted by Gasteiger charge is 2.05. The average molecular weight is 265 g/mol. The smallest absolute Gasteiger partial charge is 0.310 e. The van der Waals surface area contributed by atoms with Crippen LogP contribution in [0.4, 0.5) is 0 Å².